The van der Waals surface area contributed by atoms with Gasteiger partial charge in [-0.15, -0.1) is 0 Å². The number of hydrogen-bond donors (Lipinski definition) is 1. The van der Waals surface area contributed by atoms with Gasteiger partial charge in [0.05, 0.1) is 12.7 Å². The van der Waals surface area contributed by atoms with Crippen LogP contribution in [0.4, 0.5) is 0 Å². The quantitative estimate of drug-likeness (QED) is 0.899. The van der Waals surface area contributed by atoms with Crippen molar-refractivity contribution >= 4 is 0 Å². The van der Waals surface area contributed by atoms with Crippen molar-refractivity contribution in [2.45, 2.75) is 32.4 Å². The molecule has 0 aliphatic carbocycles. The number of aryl methyl sites for hydroxylation is 2. The van der Waals surface area contributed by atoms with Crippen LogP contribution >= 0.6 is 0 Å². The molecule has 2 aromatic rings. The molecule has 0 saturated carbocycles. The number of H-pyrrole nitrogens is 1. The van der Waals surface area contributed by atoms with E-state index in [2.05, 4.69) is 25.1 Å². The second-order valence-corrected chi connectivity index (χ2v) is 5.50. The molecule has 1 fully saturated rings. The molecular formula is C15H21N5O. The summed E-state index contributed by atoms with van der Waals surface area (Å²) in [4.78, 5) is 10.8. The average molecular weight is 287 g/mol. The fourth-order valence-corrected chi connectivity index (χ4v) is 2.67. The maximum Gasteiger partial charge on any atom is 0.115 e. The van der Waals surface area contributed by atoms with Gasteiger partial charge in [0.2, 0.25) is 0 Å². The van der Waals surface area contributed by atoms with Crippen LogP contribution in [-0.2, 0) is 17.7 Å². The van der Waals surface area contributed by atoms with Crippen LogP contribution in [0.1, 0.15) is 23.5 Å². The zero-order valence-corrected chi connectivity index (χ0v) is 12.3. The summed E-state index contributed by atoms with van der Waals surface area (Å²) in [5.74, 6) is 0. The molecule has 6 heteroatoms. The molecular weight excluding hydrogens is 266 g/mol. The van der Waals surface area contributed by atoms with E-state index in [-0.39, 0.29) is 6.10 Å². The minimum absolute atomic E-state index is 0.275. The molecule has 3 heterocycles. The van der Waals surface area contributed by atoms with Crippen LogP contribution < -0.4 is 0 Å². The summed E-state index contributed by atoms with van der Waals surface area (Å²) in [6, 6.07) is 4.07. The molecule has 1 N–H and O–H groups in total. The van der Waals surface area contributed by atoms with E-state index in [1.807, 2.05) is 19.1 Å². The van der Waals surface area contributed by atoms with Crippen molar-refractivity contribution < 1.29 is 4.74 Å². The van der Waals surface area contributed by atoms with Gasteiger partial charge in [0.25, 0.3) is 0 Å². The third-order valence-electron chi connectivity index (χ3n) is 3.76. The Morgan fingerprint density at radius 2 is 2.38 bits per heavy atom. The third-order valence-corrected chi connectivity index (χ3v) is 3.76. The lowest BCUT2D eigenvalue weighted by Crippen LogP contribution is -2.42. The Hall–Kier alpha value is -1.79. The lowest BCUT2D eigenvalue weighted by molar-refractivity contribution is -0.0350. The summed E-state index contributed by atoms with van der Waals surface area (Å²) in [6.45, 7) is 5.63. The Morgan fingerprint density at radius 1 is 1.43 bits per heavy atom. The van der Waals surface area contributed by atoms with Gasteiger partial charge in [-0.05, 0) is 31.9 Å². The molecule has 0 bridgehead atoms. The first kappa shape index (κ1) is 14.2. The second-order valence-electron chi connectivity index (χ2n) is 5.50. The molecule has 0 spiro atoms. The van der Waals surface area contributed by atoms with Crippen LogP contribution in [0.2, 0.25) is 0 Å². The van der Waals surface area contributed by atoms with Gasteiger partial charge in [-0.1, -0.05) is 0 Å². The predicted molar refractivity (Wildman–Crippen MR) is 78.7 cm³/mol. The Kier molecular flexibility index (Phi) is 4.57. The number of rotatable bonds is 5. The van der Waals surface area contributed by atoms with Gasteiger partial charge >= 0.3 is 0 Å². The van der Waals surface area contributed by atoms with E-state index in [0.717, 1.165) is 56.2 Å². The summed E-state index contributed by atoms with van der Waals surface area (Å²) in [6.07, 6.45) is 5.64. The Balaban J connectivity index is 1.49. The number of morpholine rings is 1. The molecule has 0 radical (unpaired) electrons. The van der Waals surface area contributed by atoms with E-state index in [4.69, 9.17) is 4.74 Å². The number of aromatic nitrogens is 4. The molecule has 0 amide bonds. The molecule has 2 aromatic heterocycles. The minimum Gasteiger partial charge on any atom is -0.376 e. The summed E-state index contributed by atoms with van der Waals surface area (Å²) >= 11 is 0. The Bertz CT molecular complexity index is 557. The molecule has 1 unspecified atom stereocenters. The van der Waals surface area contributed by atoms with E-state index < -0.39 is 0 Å². The van der Waals surface area contributed by atoms with Crippen molar-refractivity contribution in [2.75, 3.05) is 19.7 Å². The molecule has 1 atom stereocenters. The van der Waals surface area contributed by atoms with Crippen molar-refractivity contribution in [3.8, 4) is 0 Å². The summed E-state index contributed by atoms with van der Waals surface area (Å²) < 4.78 is 5.87. The van der Waals surface area contributed by atoms with E-state index in [9.17, 15) is 0 Å². The summed E-state index contributed by atoms with van der Waals surface area (Å²) in [5.41, 5.74) is 3.27. The topological polar surface area (TPSA) is 66.9 Å². The van der Waals surface area contributed by atoms with Crippen molar-refractivity contribution in [1.29, 1.82) is 0 Å². The smallest absolute Gasteiger partial charge is 0.115 e. The summed E-state index contributed by atoms with van der Waals surface area (Å²) in [7, 11) is 0. The van der Waals surface area contributed by atoms with Gasteiger partial charge in [-0.3, -0.25) is 10.00 Å². The van der Waals surface area contributed by atoms with Crippen LogP contribution in [0, 0.1) is 6.92 Å². The first-order valence-electron chi connectivity index (χ1n) is 7.39. The van der Waals surface area contributed by atoms with Gasteiger partial charge in [0.1, 0.15) is 6.33 Å². The SMILES string of the molecule is Cc1cc(CCC2CN(Cc3ccn[nH]3)CCO2)ncn1. The standard InChI is InChI=1S/C15H21N5O/c1-12-8-13(17-11-16-12)2-3-15-10-20(6-7-21-15)9-14-4-5-18-19-14/h4-5,8,11,15H,2-3,6-7,9-10H2,1H3,(H,18,19). The van der Waals surface area contributed by atoms with Crippen LogP contribution in [0.5, 0.6) is 0 Å². The van der Waals surface area contributed by atoms with Gasteiger partial charge in [-0.25, -0.2) is 9.97 Å². The van der Waals surface area contributed by atoms with Gasteiger partial charge in [-0.2, -0.15) is 5.10 Å². The fraction of sp³-hybridized carbons (Fsp3) is 0.533. The molecule has 21 heavy (non-hydrogen) atoms. The number of hydrogen-bond acceptors (Lipinski definition) is 5. The summed E-state index contributed by atoms with van der Waals surface area (Å²) in [5, 5.41) is 7.01. The lowest BCUT2D eigenvalue weighted by Gasteiger charge is -2.32. The predicted octanol–water partition coefficient (Wildman–Crippen LogP) is 1.34. The highest BCUT2D eigenvalue weighted by Gasteiger charge is 2.20. The monoisotopic (exact) mass is 287 g/mol. The van der Waals surface area contributed by atoms with E-state index in [0.29, 0.717) is 0 Å². The number of ether oxygens (including phenoxy) is 1. The first-order chi connectivity index (χ1) is 10.3. The number of nitrogens with one attached hydrogen (secondary N) is 1. The minimum atomic E-state index is 0.275. The third kappa shape index (κ3) is 4.09. The average Bonchev–Trinajstić information content (AvgIpc) is 2.99. The molecule has 1 aliphatic heterocycles. The van der Waals surface area contributed by atoms with Crippen LogP contribution in [-0.4, -0.2) is 50.9 Å². The van der Waals surface area contributed by atoms with Crippen molar-refractivity contribution in [3.05, 3.63) is 41.7 Å². The van der Waals surface area contributed by atoms with E-state index in [1.165, 1.54) is 0 Å². The van der Waals surface area contributed by atoms with Gasteiger partial charge in [0, 0.05) is 42.9 Å². The number of nitrogens with zero attached hydrogens (tertiary/aromatic N) is 4. The maximum absolute atomic E-state index is 5.87. The van der Waals surface area contributed by atoms with E-state index in [1.54, 1.807) is 12.5 Å². The van der Waals surface area contributed by atoms with Crippen molar-refractivity contribution in [3.63, 3.8) is 0 Å². The van der Waals surface area contributed by atoms with Crippen molar-refractivity contribution in [2.24, 2.45) is 0 Å². The maximum atomic E-state index is 5.87. The first-order valence-corrected chi connectivity index (χ1v) is 7.39. The van der Waals surface area contributed by atoms with Crippen molar-refractivity contribution in [1.82, 2.24) is 25.1 Å². The van der Waals surface area contributed by atoms with Crippen LogP contribution in [0.15, 0.2) is 24.7 Å². The lowest BCUT2D eigenvalue weighted by atomic mass is 10.1. The largest absolute Gasteiger partial charge is 0.376 e. The Labute approximate surface area is 124 Å². The molecule has 3 rings (SSSR count). The zero-order valence-electron chi connectivity index (χ0n) is 12.3. The number of aromatic amines is 1. The highest BCUT2D eigenvalue weighted by atomic mass is 16.5. The highest BCUT2D eigenvalue weighted by Crippen LogP contribution is 2.13. The molecule has 112 valence electrons. The molecule has 1 aliphatic rings. The zero-order chi connectivity index (χ0) is 14.5. The van der Waals surface area contributed by atoms with Gasteiger partial charge < -0.3 is 4.74 Å². The molecule has 1 saturated heterocycles. The fourth-order valence-electron chi connectivity index (χ4n) is 2.67. The molecule has 6 nitrogen and oxygen atoms in total. The van der Waals surface area contributed by atoms with Crippen LogP contribution in [0.25, 0.3) is 0 Å². The highest BCUT2D eigenvalue weighted by molar-refractivity contribution is 5.06. The normalized spacial score (nSPS) is 19.8. The Morgan fingerprint density at radius 3 is 3.19 bits per heavy atom. The van der Waals surface area contributed by atoms with Crippen LogP contribution in [0.3, 0.4) is 0 Å². The molecule has 0 aromatic carbocycles. The van der Waals surface area contributed by atoms with Gasteiger partial charge in [0.15, 0.2) is 0 Å². The van der Waals surface area contributed by atoms with E-state index >= 15 is 0 Å². The second kappa shape index (κ2) is 6.78.